The summed E-state index contributed by atoms with van der Waals surface area (Å²) in [7, 11) is -2.08. The smallest absolute Gasteiger partial charge is 0.407 e. The van der Waals surface area contributed by atoms with Crippen molar-refractivity contribution in [1.82, 2.24) is 15.5 Å². The average molecular weight is 479 g/mol. The van der Waals surface area contributed by atoms with Gasteiger partial charge in [0.25, 0.3) is 0 Å². The molecule has 0 radical (unpaired) electrons. The lowest BCUT2D eigenvalue weighted by molar-refractivity contribution is -0.115. The number of hydrogen-bond acceptors (Lipinski definition) is 7. The van der Waals surface area contributed by atoms with Gasteiger partial charge in [-0.3, -0.25) is 9.89 Å². The quantitative estimate of drug-likeness (QED) is 0.503. The van der Waals surface area contributed by atoms with Crippen molar-refractivity contribution in [2.45, 2.75) is 55.9 Å². The van der Waals surface area contributed by atoms with E-state index < -0.39 is 15.9 Å². The van der Waals surface area contributed by atoms with Gasteiger partial charge in [-0.2, -0.15) is 5.10 Å². The fourth-order valence-corrected chi connectivity index (χ4v) is 4.87. The predicted molar refractivity (Wildman–Crippen MR) is 122 cm³/mol. The standard InChI is InChI=1S/C22H30N4O6S/c1-4-9-32-22(28)23-16-7-5-14(10-16)18-13-20(26-25-18)24-21(27)11-15-6-8-17(31-2)12-19(15)33(3,29)30/h6,8,12-14,16H,4-5,7,9-11H2,1-3H3,(H,23,28)(H2,24,25,26,27). The van der Waals surface area contributed by atoms with Gasteiger partial charge in [0.1, 0.15) is 5.75 Å². The zero-order valence-corrected chi connectivity index (χ0v) is 19.8. The number of aromatic amines is 1. The first-order valence-electron chi connectivity index (χ1n) is 10.8. The lowest BCUT2D eigenvalue weighted by Gasteiger charge is -2.12. The molecule has 0 spiro atoms. The summed E-state index contributed by atoms with van der Waals surface area (Å²) in [5.41, 5.74) is 1.25. The van der Waals surface area contributed by atoms with Gasteiger partial charge in [-0.25, -0.2) is 13.2 Å². The molecule has 33 heavy (non-hydrogen) atoms. The van der Waals surface area contributed by atoms with Crippen molar-refractivity contribution in [3.8, 4) is 5.75 Å². The van der Waals surface area contributed by atoms with Crippen LogP contribution in [0.15, 0.2) is 29.2 Å². The minimum Gasteiger partial charge on any atom is -0.497 e. The Hall–Kier alpha value is -3.08. The maximum atomic E-state index is 12.6. The lowest BCUT2D eigenvalue weighted by Crippen LogP contribution is -2.33. The summed E-state index contributed by atoms with van der Waals surface area (Å²) in [6.45, 7) is 2.34. The van der Waals surface area contributed by atoms with Crippen molar-refractivity contribution >= 4 is 27.7 Å². The molecule has 2 unspecified atom stereocenters. The number of H-pyrrole nitrogens is 1. The van der Waals surface area contributed by atoms with E-state index in [9.17, 15) is 18.0 Å². The van der Waals surface area contributed by atoms with E-state index in [0.29, 0.717) is 23.7 Å². The molecule has 10 nitrogen and oxygen atoms in total. The molecule has 2 aromatic rings. The van der Waals surface area contributed by atoms with E-state index in [1.54, 1.807) is 18.2 Å². The molecule has 1 saturated carbocycles. The normalized spacial score (nSPS) is 18.0. The number of carbonyl (C=O) groups excluding carboxylic acids is 2. The number of nitrogens with one attached hydrogen (secondary N) is 3. The molecule has 3 rings (SSSR count). The molecule has 2 amide bonds. The first-order chi connectivity index (χ1) is 15.7. The number of rotatable bonds is 9. The Bertz CT molecular complexity index is 1100. The topological polar surface area (TPSA) is 139 Å². The highest BCUT2D eigenvalue weighted by molar-refractivity contribution is 7.90. The molecule has 0 bridgehead atoms. The third kappa shape index (κ3) is 6.70. The van der Waals surface area contributed by atoms with Gasteiger partial charge in [-0.1, -0.05) is 13.0 Å². The summed E-state index contributed by atoms with van der Waals surface area (Å²) in [6, 6.07) is 6.40. The van der Waals surface area contributed by atoms with E-state index in [4.69, 9.17) is 9.47 Å². The zero-order valence-electron chi connectivity index (χ0n) is 19.0. The summed E-state index contributed by atoms with van der Waals surface area (Å²) >= 11 is 0. The van der Waals surface area contributed by atoms with Gasteiger partial charge in [0.05, 0.1) is 25.0 Å². The Morgan fingerprint density at radius 3 is 2.73 bits per heavy atom. The van der Waals surface area contributed by atoms with Crippen molar-refractivity contribution in [1.29, 1.82) is 0 Å². The molecular formula is C22H30N4O6S. The van der Waals surface area contributed by atoms with Crippen LogP contribution >= 0.6 is 0 Å². The minimum absolute atomic E-state index is 0.0326. The Kier molecular flexibility index (Phi) is 7.96. The number of aromatic nitrogens is 2. The zero-order chi connectivity index (χ0) is 24.0. The maximum absolute atomic E-state index is 12.6. The van der Waals surface area contributed by atoms with Crippen LogP contribution in [0.2, 0.25) is 0 Å². The number of hydrogen-bond donors (Lipinski definition) is 3. The molecule has 0 saturated heterocycles. The predicted octanol–water partition coefficient (Wildman–Crippen LogP) is 2.78. The van der Waals surface area contributed by atoms with Crippen molar-refractivity contribution in [2.75, 3.05) is 25.3 Å². The summed E-state index contributed by atoms with van der Waals surface area (Å²) in [6.07, 6.45) is 3.81. The van der Waals surface area contributed by atoms with Crippen LogP contribution in [0.1, 0.15) is 49.8 Å². The summed E-state index contributed by atoms with van der Waals surface area (Å²) < 4.78 is 34.4. The van der Waals surface area contributed by atoms with E-state index >= 15 is 0 Å². The van der Waals surface area contributed by atoms with Crippen LogP contribution in [-0.4, -0.2) is 56.6 Å². The summed E-state index contributed by atoms with van der Waals surface area (Å²) in [4.78, 5) is 24.4. The number of methoxy groups -OCH3 is 1. The highest BCUT2D eigenvalue weighted by Gasteiger charge is 2.29. The monoisotopic (exact) mass is 478 g/mol. The van der Waals surface area contributed by atoms with Gasteiger partial charge >= 0.3 is 6.09 Å². The number of sulfone groups is 1. The molecule has 180 valence electrons. The first kappa shape index (κ1) is 24.6. The molecule has 1 heterocycles. The molecule has 1 fully saturated rings. The fraction of sp³-hybridized carbons (Fsp3) is 0.500. The highest BCUT2D eigenvalue weighted by Crippen LogP contribution is 2.34. The number of alkyl carbamates (subject to hydrolysis) is 1. The largest absolute Gasteiger partial charge is 0.497 e. The molecule has 2 atom stereocenters. The molecule has 1 aliphatic rings. The Morgan fingerprint density at radius 2 is 2.03 bits per heavy atom. The van der Waals surface area contributed by atoms with Crippen molar-refractivity contribution in [3.63, 3.8) is 0 Å². The van der Waals surface area contributed by atoms with Gasteiger partial charge in [0, 0.05) is 30.0 Å². The Labute approximate surface area is 193 Å². The van der Waals surface area contributed by atoms with Crippen LogP contribution in [-0.2, 0) is 25.8 Å². The third-order valence-electron chi connectivity index (χ3n) is 5.52. The second-order valence-electron chi connectivity index (χ2n) is 8.17. The first-order valence-corrected chi connectivity index (χ1v) is 12.7. The summed E-state index contributed by atoms with van der Waals surface area (Å²) in [5, 5.41) is 12.7. The summed E-state index contributed by atoms with van der Waals surface area (Å²) in [5.74, 6) is 0.563. The van der Waals surface area contributed by atoms with Crippen molar-refractivity contribution < 1.29 is 27.5 Å². The molecule has 0 aliphatic heterocycles. The molecule has 3 N–H and O–H groups in total. The van der Waals surface area contributed by atoms with E-state index in [0.717, 1.165) is 37.6 Å². The number of ether oxygens (including phenoxy) is 2. The average Bonchev–Trinajstić information content (AvgIpc) is 3.41. The SMILES string of the molecule is CCCOC(=O)NC1CCC(c2cc(NC(=O)Cc3ccc(OC)cc3S(C)(=O)=O)n[nH]2)C1. The van der Waals surface area contributed by atoms with Crippen LogP contribution in [0.25, 0.3) is 0 Å². The Balaban J connectivity index is 1.58. The van der Waals surface area contributed by atoms with Crippen molar-refractivity contribution in [2.24, 2.45) is 0 Å². The Morgan fingerprint density at radius 1 is 1.24 bits per heavy atom. The molecule has 11 heteroatoms. The molecule has 1 aliphatic carbocycles. The number of benzene rings is 1. The van der Waals surface area contributed by atoms with Gasteiger partial charge in [0.15, 0.2) is 15.7 Å². The second kappa shape index (κ2) is 10.7. The highest BCUT2D eigenvalue weighted by atomic mass is 32.2. The van der Waals surface area contributed by atoms with Crippen LogP contribution < -0.4 is 15.4 Å². The van der Waals surface area contributed by atoms with E-state index in [-0.39, 0.29) is 29.2 Å². The van der Waals surface area contributed by atoms with Crippen LogP contribution in [0.3, 0.4) is 0 Å². The van der Waals surface area contributed by atoms with Crippen LogP contribution in [0.5, 0.6) is 5.75 Å². The molecule has 1 aromatic heterocycles. The van der Waals surface area contributed by atoms with Crippen molar-refractivity contribution in [3.05, 3.63) is 35.5 Å². The van der Waals surface area contributed by atoms with E-state index in [1.807, 2.05) is 6.92 Å². The van der Waals surface area contributed by atoms with Gasteiger partial charge < -0.3 is 20.1 Å². The minimum atomic E-state index is -3.53. The lowest BCUT2D eigenvalue weighted by atomic mass is 10.0. The molecule has 1 aromatic carbocycles. The van der Waals surface area contributed by atoms with Gasteiger partial charge in [-0.05, 0) is 43.4 Å². The van der Waals surface area contributed by atoms with E-state index in [1.165, 1.54) is 13.2 Å². The van der Waals surface area contributed by atoms with Gasteiger partial charge in [0.2, 0.25) is 5.91 Å². The fourth-order valence-electron chi connectivity index (χ4n) is 3.92. The third-order valence-corrected chi connectivity index (χ3v) is 6.70. The number of carbonyl (C=O) groups is 2. The van der Waals surface area contributed by atoms with Gasteiger partial charge in [-0.15, -0.1) is 0 Å². The van der Waals surface area contributed by atoms with E-state index in [2.05, 4.69) is 20.8 Å². The van der Waals surface area contributed by atoms with Crippen LogP contribution in [0, 0.1) is 0 Å². The second-order valence-corrected chi connectivity index (χ2v) is 10.2. The number of anilines is 1. The number of nitrogens with zero attached hydrogens (tertiary/aromatic N) is 1. The van der Waals surface area contributed by atoms with Crippen LogP contribution in [0.4, 0.5) is 10.6 Å². The maximum Gasteiger partial charge on any atom is 0.407 e. The molecular weight excluding hydrogens is 448 g/mol. The number of amides is 2.